The summed E-state index contributed by atoms with van der Waals surface area (Å²) in [4.78, 5) is 22.7. The molecule has 1 saturated carbocycles. The van der Waals surface area contributed by atoms with Crippen molar-refractivity contribution in [3.63, 3.8) is 0 Å². The van der Waals surface area contributed by atoms with Crippen LogP contribution >= 0.6 is 0 Å². The SMILES string of the molecule is COc1ccc(C(=O)NC2(C)CC2)cc1/C=C/C(=O)O. The van der Waals surface area contributed by atoms with Gasteiger partial charge in [0.25, 0.3) is 5.91 Å². The number of carboxylic acids is 1. The molecule has 0 saturated heterocycles. The molecule has 0 radical (unpaired) electrons. The van der Waals surface area contributed by atoms with Crippen molar-refractivity contribution in [1.82, 2.24) is 5.32 Å². The van der Waals surface area contributed by atoms with E-state index in [1.54, 1.807) is 18.2 Å². The van der Waals surface area contributed by atoms with Crippen LogP contribution in [0.4, 0.5) is 0 Å². The predicted octanol–water partition coefficient (Wildman–Crippen LogP) is 2.08. The van der Waals surface area contributed by atoms with E-state index in [4.69, 9.17) is 9.84 Å². The molecule has 20 heavy (non-hydrogen) atoms. The summed E-state index contributed by atoms with van der Waals surface area (Å²) in [5, 5.41) is 11.6. The molecule has 1 fully saturated rings. The molecule has 2 N–H and O–H groups in total. The van der Waals surface area contributed by atoms with Gasteiger partial charge in [-0.05, 0) is 44.0 Å². The van der Waals surface area contributed by atoms with Crippen molar-refractivity contribution < 1.29 is 19.4 Å². The van der Waals surface area contributed by atoms with E-state index in [0.717, 1.165) is 18.9 Å². The number of rotatable bonds is 5. The molecular formula is C15H17NO4. The molecular weight excluding hydrogens is 258 g/mol. The molecule has 0 spiro atoms. The van der Waals surface area contributed by atoms with Crippen LogP contribution in [0.25, 0.3) is 6.08 Å². The van der Waals surface area contributed by atoms with E-state index in [9.17, 15) is 9.59 Å². The van der Waals surface area contributed by atoms with E-state index in [1.165, 1.54) is 13.2 Å². The summed E-state index contributed by atoms with van der Waals surface area (Å²) in [5.74, 6) is -0.679. The highest BCUT2D eigenvalue weighted by Crippen LogP contribution is 2.34. The fraction of sp³-hybridized carbons (Fsp3) is 0.333. The van der Waals surface area contributed by atoms with E-state index in [0.29, 0.717) is 16.9 Å². The van der Waals surface area contributed by atoms with Gasteiger partial charge in [0.2, 0.25) is 0 Å². The maximum absolute atomic E-state index is 12.1. The minimum Gasteiger partial charge on any atom is -0.496 e. The Morgan fingerprint density at radius 2 is 2.10 bits per heavy atom. The van der Waals surface area contributed by atoms with E-state index in [1.807, 2.05) is 6.92 Å². The smallest absolute Gasteiger partial charge is 0.328 e. The van der Waals surface area contributed by atoms with Gasteiger partial charge in [-0.15, -0.1) is 0 Å². The normalized spacial score (nSPS) is 15.9. The maximum Gasteiger partial charge on any atom is 0.328 e. The van der Waals surface area contributed by atoms with Gasteiger partial charge >= 0.3 is 5.97 Å². The highest BCUT2D eigenvalue weighted by molar-refractivity contribution is 5.96. The Balaban J connectivity index is 2.24. The van der Waals surface area contributed by atoms with Crippen LogP contribution in [-0.4, -0.2) is 29.6 Å². The molecule has 1 aliphatic carbocycles. The Morgan fingerprint density at radius 1 is 1.40 bits per heavy atom. The first-order chi connectivity index (χ1) is 9.43. The third kappa shape index (κ3) is 3.38. The minimum atomic E-state index is -1.05. The number of ether oxygens (including phenoxy) is 1. The number of benzene rings is 1. The number of carbonyl (C=O) groups excluding carboxylic acids is 1. The van der Waals surface area contributed by atoms with Crippen LogP contribution in [0.15, 0.2) is 24.3 Å². The van der Waals surface area contributed by atoms with Crippen LogP contribution in [0.1, 0.15) is 35.7 Å². The second-order valence-corrected chi connectivity index (χ2v) is 5.14. The molecule has 0 unspecified atom stereocenters. The number of hydrogen-bond acceptors (Lipinski definition) is 3. The fourth-order valence-corrected chi connectivity index (χ4v) is 1.83. The number of nitrogens with one attached hydrogen (secondary N) is 1. The molecule has 1 aromatic carbocycles. The zero-order valence-corrected chi connectivity index (χ0v) is 11.5. The van der Waals surface area contributed by atoms with Gasteiger partial charge in [-0.1, -0.05) is 0 Å². The van der Waals surface area contributed by atoms with Crippen LogP contribution in [0.5, 0.6) is 5.75 Å². The predicted molar refractivity (Wildman–Crippen MR) is 74.8 cm³/mol. The zero-order valence-electron chi connectivity index (χ0n) is 11.5. The third-order valence-corrected chi connectivity index (χ3v) is 3.31. The van der Waals surface area contributed by atoms with Crippen LogP contribution < -0.4 is 10.1 Å². The van der Waals surface area contributed by atoms with Gasteiger partial charge in [-0.2, -0.15) is 0 Å². The number of methoxy groups -OCH3 is 1. The van der Waals surface area contributed by atoms with Gasteiger partial charge in [0, 0.05) is 22.7 Å². The second-order valence-electron chi connectivity index (χ2n) is 5.14. The summed E-state index contributed by atoms with van der Waals surface area (Å²) in [6.07, 6.45) is 4.40. The third-order valence-electron chi connectivity index (χ3n) is 3.31. The van der Waals surface area contributed by atoms with Crippen molar-refractivity contribution in [1.29, 1.82) is 0 Å². The summed E-state index contributed by atoms with van der Waals surface area (Å²) < 4.78 is 5.15. The molecule has 0 heterocycles. The van der Waals surface area contributed by atoms with Crippen LogP contribution in [0, 0.1) is 0 Å². The zero-order chi connectivity index (χ0) is 14.8. The lowest BCUT2D eigenvalue weighted by Gasteiger charge is -2.12. The Bertz CT molecular complexity index is 573. The Kier molecular flexibility index (Phi) is 3.79. The first-order valence-electron chi connectivity index (χ1n) is 6.35. The van der Waals surface area contributed by atoms with Crippen LogP contribution in [0.2, 0.25) is 0 Å². The number of aliphatic carboxylic acids is 1. The summed E-state index contributed by atoms with van der Waals surface area (Å²) in [7, 11) is 1.50. The Labute approximate surface area is 117 Å². The topological polar surface area (TPSA) is 75.6 Å². The van der Waals surface area contributed by atoms with Gasteiger partial charge < -0.3 is 15.2 Å². The minimum absolute atomic E-state index is 0.0892. The van der Waals surface area contributed by atoms with E-state index in [2.05, 4.69) is 5.32 Å². The van der Waals surface area contributed by atoms with Gasteiger partial charge in [0.1, 0.15) is 5.75 Å². The lowest BCUT2D eigenvalue weighted by atomic mass is 10.1. The second kappa shape index (κ2) is 5.36. The monoisotopic (exact) mass is 275 g/mol. The summed E-state index contributed by atoms with van der Waals surface area (Å²) in [6.45, 7) is 2.00. The Hall–Kier alpha value is -2.30. The summed E-state index contributed by atoms with van der Waals surface area (Å²) >= 11 is 0. The summed E-state index contributed by atoms with van der Waals surface area (Å²) in [6, 6.07) is 4.95. The van der Waals surface area contributed by atoms with Crippen LogP contribution in [-0.2, 0) is 4.79 Å². The largest absolute Gasteiger partial charge is 0.496 e. The molecule has 0 aromatic heterocycles. The van der Waals surface area contributed by atoms with Crippen LogP contribution in [0.3, 0.4) is 0 Å². The number of carbonyl (C=O) groups is 2. The van der Waals surface area contributed by atoms with Crippen molar-refractivity contribution >= 4 is 18.0 Å². The average Bonchev–Trinajstić information content (AvgIpc) is 3.13. The molecule has 106 valence electrons. The van der Waals surface area contributed by atoms with Crippen molar-refractivity contribution in [3.8, 4) is 5.75 Å². The van der Waals surface area contributed by atoms with Crippen molar-refractivity contribution in [3.05, 3.63) is 35.4 Å². The molecule has 5 heteroatoms. The lowest BCUT2D eigenvalue weighted by Crippen LogP contribution is -2.34. The molecule has 0 atom stereocenters. The highest BCUT2D eigenvalue weighted by atomic mass is 16.5. The quantitative estimate of drug-likeness (QED) is 0.807. The Morgan fingerprint density at radius 3 is 2.65 bits per heavy atom. The van der Waals surface area contributed by atoms with Gasteiger partial charge in [-0.3, -0.25) is 4.79 Å². The molecule has 0 aliphatic heterocycles. The van der Waals surface area contributed by atoms with E-state index >= 15 is 0 Å². The molecule has 1 aromatic rings. The molecule has 5 nitrogen and oxygen atoms in total. The molecule has 0 bridgehead atoms. The highest BCUT2D eigenvalue weighted by Gasteiger charge is 2.38. The molecule has 2 rings (SSSR count). The number of hydrogen-bond donors (Lipinski definition) is 2. The summed E-state index contributed by atoms with van der Waals surface area (Å²) in [5.41, 5.74) is 0.959. The molecule has 1 aliphatic rings. The van der Waals surface area contributed by atoms with Gasteiger partial charge in [0.15, 0.2) is 0 Å². The first-order valence-corrected chi connectivity index (χ1v) is 6.35. The van der Waals surface area contributed by atoms with Gasteiger partial charge in [0.05, 0.1) is 7.11 Å². The van der Waals surface area contributed by atoms with Crippen molar-refractivity contribution in [2.45, 2.75) is 25.3 Å². The van der Waals surface area contributed by atoms with E-state index in [-0.39, 0.29) is 11.4 Å². The van der Waals surface area contributed by atoms with Crippen molar-refractivity contribution in [2.75, 3.05) is 7.11 Å². The number of carboxylic acid groups (broad SMARTS) is 1. The maximum atomic E-state index is 12.1. The number of amides is 1. The average molecular weight is 275 g/mol. The first kappa shape index (κ1) is 14.1. The molecule has 1 amide bonds. The van der Waals surface area contributed by atoms with Gasteiger partial charge in [-0.25, -0.2) is 4.79 Å². The lowest BCUT2D eigenvalue weighted by molar-refractivity contribution is -0.131. The fourth-order valence-electron chi connectivity index (χ4n) is 1.83. The van der Waals surface area contributed by atoms with Crippen molar-refractivity contribution in [2.24, 2.45) is 0 Å². The standard InChI is InChI=1S/C15H17NO4/c1-15(7-8-15)16-14(19)11-3-5-12(20-2)10(9-11)4-6-13(17)18/h3-6,9H,7-8H2,1-2H3,(H,16,19)(H,17,18)/b6-4+. The van der Waals surface area contributed by atoms with E-state index < -0.39 is 5.97 Å².